The predicted molar refractivity (Wildman–Crippen MR) is 63.0 cm³/mol. The Bertz CT molecular complexity index is 383. The fourth-order valence-corrected chi connectivity index (χ4v) is 3.15. The highest BCUT2D eigenvalue weighted by Crippen LogP contribution is 2.35. The van der Waals surface area contributed by atoms with Gasteiger partial charge in [-0.1, -0.05) is 13.5 Å². The first kappa shape index (κ1) is 10.4. The van der Waals surface area contributed by atoms with Crippen molar-refractivity contribution in [3.63, 3.8) is 0 Å². The van der Waals surface area contributed by atoms with E-state index in [1.165, 1.54) is 16.5 Å². The van der Waals surface area contributed by atoms with E-state index in [2.05, 4.69) is 24.9 Å². The molecule has 1 aromatic rings. The molecule has 2 rings (SSSR count). The van der Waals surface area contributed by atoms with Gasteiger partial charge in [0.05, 0.1) is 6.04 Å². The molecule has 0 radical (unpaired) electrons. The van der Waals surface area contributed by atoms with Crippen LogP contribution in [0.1, 0.15) is 29.8 Å². The van der Waals surface area contributed by atoms with Crippen molar-refractivity contribution in [2.75, 3.05) is 6.54 Å². The molecule has 1 aliphatic heterocycles. The summed E-state index contributed by atoms with van der Waals surface area (Å²) in [6.07, 6.45) is 3.38. The highest BCUT2D eigenvalue weighted by molar-refractivity contribution is 7.10. The number of amides is 1. The van der Waals surface area contributed by atoms with Crippen molar-refractivity contribution in [2.24, 2.45) is 0 Å². The van der Waals surface area contributed by atoms with E-state index < -0.39 is 0 Å². The van der Waals surface area contributed by atoms with Crippen molar-refractivity contribution in [2.45, 2.75) is 25.8 Å². The van der Waals surface area contributed by atoms with E-state index in [0.717, 1.165) is 19.4 Å². The van der Waals surface area contributed by atoms with Gasteiger partial charge in [0.15, 0.2) is 0 Å². The maximum Gasteiger partial charge on any atom is 0.246 e. The number of rotatable bonds is 2. The molecule has 0 fully saturated rings. The Morgan fingerprint density at radius 2 is 2.60 bits per heavy atom. The lowest BCUT2D eigenvalue weighted by molar-refractivity contribution is -0.128. The Labute approximate surface area is 94.2 Å². The van der Waals surface area contributed by atoms with Crippen LogP contribution in [0.3, 0.4) is 0 Å². The van der Waals surface area contributed by atoms with E-state index in [1.807, 2.05) is 4.90 Å². The number of hydrogen-bond donors (Lipinski definition) is 0. The second kappa shape index (κ2) is 4.19. The Hall–Kier alpha value is -1.09. The zero-order valence-corrected chi connectivity index (χ0v) is 9.72. The third kappa shape index (κ3) is 1.72. The SMILES string of the molecule is C=CC(=O)N1CCc2sccc2[C@@H]1CC. The average molecular weight is 221 g/mol. The Morgan fingerprint density at radius 3 is 3.27 bits per heavy atom. The zero-order chi connectivity index (χ0) is 10.8. The average Bonchev–Trinajstić information content (AvgIpc) is 2.74. The predicted octanol–water partition coefficient (Wildman–Crippen LogP) is 2.77. The summed E-state index contributed by atoms with van der Waals surface area (Å²) in [5, 5.41) is 2.12. The quantitative estimate of drug-likeness (QED) is 0.703. The topological polar surface area (TPSA) is 20.3 Å². The van der Waals surface area contributed by atoms with E-state index in [4.69, 9.17) is 0 Å². The number of carbonyl (C=O) groups is 1. The first-order valence-electron chi connectivity index (χ1n) is 5.27. The van der Waals surface area contributed by atoms with Gasteiger partial charge in [0.25, 0.3) is 0 Å². The van der Waals surface area contributed by atoms with Crippen molar-refractivity contribution in [1.82, 2.24) is 4.90 Å². The lowest BCUT2D eigenvalue weighted by Gasteiger charge is -2.34. The summed E-state index contributed by atoms with van der Waals surface area (Å²) in [5.74, 6) is 0.0544. The molecule has 80 valence electrons. The van der Waals surface area contributed by atoms with Gasteiger partial charge < -0.3 is 4.90 Å². The van der Waals surface area contributed by atoms with Crippen LogP contribution in [0, 0.1) is 0 Å². The van der Waals surface area contributed by atoms with Crippen LogP contribution in [0.25, 0.3) is 0 Å². The lowest BCUT2D eigenvalue weighted by atomic mass is 9.98. The van der Waals surface area contributed by atoms with Gasteiger partial charge in [-0.2, -0.15) is 0 Å². The summed E-state index contributed by atoms with van der Waals surface area (Å²) in [6, 6.07) is 2.40. The molecule has 0 saturated heterocycles. The Kier molecular flexibility index (Phi) is 2.91. The Morgan fingerprint density at radius 1 is 1.80 bits per heavy atom. The van der Waals surface area contributed by atoms with E-state index in [-0.39, 0.29) is 11.9 Å². The number of fused-ring (bicyclic) bond motifs is 1. The monoisotopic (exact) mass is 221 g/mol. The number of carbonyl (C=O) groups excluding carboxylic acids is 1. The van der Waals surface area contributed by atoms with Gasteiger partial charge in [-0.15, -0.1) is 11.3 Å². The van der Waals surface area contributed by atoms with Crippen molar-refractivity contribution in [3.05, 3.63) is 34.5 Å². The first-order valence-corrected chi connectivity index (χ1v) is 6.15. The van der Waals surface area contributed by atoms with Gasteiger partial charge in [0.2, 0.25) is 5.91 Å². The molecule has 0 bridgehead atoms. The van der Waals surface area contributed by atoms with Gasteiger partial charge in [0.1, 0.15) is 0 Å². The normalized spacial score (nSPS) is 19.8. The van der Waals surface area contributed by atoms with Crippen LogP contribution in [0.2, 0.25) is 0 Å². The third-order valence-electron chi connectivity index (χ3n) is 2.94. The molecule has 2 nitrogen and oxygen atoms in total. The van der Waals surface area contributed by atoms with Crippen LogP contribution >= 0.6 is 11.3 Å². The summed E-state index contributed by atoms with van der Waals surface area (Å²) in [5.41, 5.74) is 1.34. The molecule has 0 N–H and O–H groups in total. The molecule has 0 unspecified atom stereocenters. The van der Waals surface area contributed by atoms with E-state index >= 15 is 0 Å². The van der Waals surface area contributed by atoms with Crippen LogP contribution in [0.5, 0.6) is 0 Å². The molecule has 1 aliphatic rings. The minimum atomic E-state index is 0.0544. The molecular formula is C12H15NOS. The largest absolute Gasteiger partial charge is 0.332 e. The highest BCUT2D eigenvalue weighted by atomic mass is 32.1. The molecule has 0 spiro atoms. The van der Waals surface area contributed by atoms with Crippen LogP contribution < -0.4 is 0 Å². The van der Waals surface area contributed by atoms with Crippen molar-refractivity contribution in [1.29, 1.82) is 0 Å². The molecule has 15 heavy (non-hydrogen) atoms. The molecule has 1 aromatic heterocycles. The second-order valence-corrected chi connectivity index (χ2v) is 4.71. The van der Waals surface area contributed by atoms with Gasteiger partial charge in [-0.05, 0) is 35.9 Å². The highest BCUT2D eigenvalue weighted by Gasteiger charge is 2.28. The summed E-state index contributed by atoms with van der Waals surface area (Å²) < 4.78 is 0. The van der Waals surface area contributed by atoms with Crippen LogP contribution in [-0.2, 0) is 11.2 Å². The molecular weight excluding hydrogens is 206 g/mol. The van der Waals surface area contributed by atoms with Crippen LogP contribution in [0.15, 0.2) is 24.1 Å². The molecule has 0 aliphatic carbocycles. The first-order chi connectivity index (χ1) is 7.27. The molecule has 1 atom stereocenters. The number of hydrogen-bond acceptors (Lipinski definition) is 2. The van der Waals surface area contributed by atoms with Gasteiger partial charge in [0, 0.05) is 11.4 Å². The third-order valence-corrected chi connectivity index (χ3v) is 3.94. The summed E-state index contributed by atoms with van der Waals surface area (Å²) >= 11 is 1.80. The maximum absolute atomic E-state index is 11.7. The maximum atomic E-state index is 11.7. The summed E-state index contributed by atoms with van der Waals surface area (Å²) in [7, 11) is 0. The molecule has 1 amide bonds. The number of thiophene rings is 1. The van der Waals surface area contributed by atoms with Gasteiger partial charge in [-0.3, -0.25) is 4.79 Å². The van der Waals surface area contributed by atoms with Crippen LogP contribution in [0.4, 0.5) is 0 Å². The van der Waals surface area contributed by atoms with Crippen molar-refractivity contribution in [3.8, 4) is 0 Å². The van der Waals surface area contributed by atoms with E-state index in [9.17, 15) is 4.79 Å². The van der Waals surface area contributed by atoms with Crippen LogP contribution in [-0.4, -0.2) is 17.4 Å². The van der Waals surface area contributed by atoms with E-state index in [1.54, 1.807) is 11.3 Å². The molecule has 0 aromatic carbocycles. The zero-order valence-electron chi connectivity index (χ0n) is 8.90. The fourth-order valence-electron chi connectivity index (χ4n) is 2.22. The molecule has 2 heterocycles. The standard InChI is InChI=1S/C12H15NOS/c1-3-10-9-6-8-15-11(9)5-7-13(10)12(14)4-2/h4,6,8,10H,2-3,5,7H2,1H3/t10-/m0/s1. The smallest absolute Gasteiger partial charge is 0.246 e. The second-order valence-electron chi connectivity index (χ2n) is 3.71. The van der Waals surface area contributed by atoms with Gasteiger partial charge in [-0.25, -0.2) is 0 Å². The molecule has 0 saturated carbocycles. The summed E-state index contributed by atoms with van der Waals surface area (Å²) in [6.45, 7) is 6.52. The Balaban J connectivity index is 2.32. The van der Waals surface area contributed by atoms with Crippen molar-refractivity contribution < 1.29 is 4.79 Å². The summed E-state index contributed by atoms with van der Waals surface area (Å²) in [4.78, 5) is 15.1. The number of nitrogens with zero attached hydrogens (tertiary/aromatic N) is 1. The fraction of sp³-hybridized carbons (Fsp3) is 0.417. The molecule has 3 heteroatoms. The van der Waals surface area contributed by atoms with Crippen molar-refractivity contribution >= 4 is 17.2 Å². The van der Waals surface area contributed by atoms with Gasteiger partial charge >= 0.3 is 0 Å². The minimum absolute atomic E-state index is 0.0544. The lowest BCUT2D eigenvalue weighted by Crippen LogP contribution is -2.38. The minimum Gasteiger partial charge on any atom is -0.332 e. The van der Waals surface area contributed by atoms with E-state index in [0.29, 0.717) is 0 Å².